The van der Waals surface area contributed by atoms with Gasteiger partial charge >= 0.3 is 0 Å². The molecule has 0 unspecified atom stereocenters. The molecule has 1 aromatic carbocycles. The molecular formula is C26H30FN5. The van der Waals surface area contributed by atoms with E-state index in [1.54, 1.807) is 6.07 Å². The van der Waals surface area contributed by atoms with E-state index in [9.17, 15) is 0 Å². The zero-order valence-electron chi connectivity index (χ0n) is 18.9. The van der Waals surface area contributed by atoms with Gasteiger partial charge in [-0.2, -0.15) is 0 Å². The van der Waals surface area contributed by atoms with Gasteiger partial charge in [-0.25, -0.2) is 14.4 Å². The van der Waals surface area contributed by atoms with E-state index in [0.29, 0.717) is 17.5 Å². The van der Waals surface area contributed by atoms with Crippen LogP contribution in [0.25, 0.3) is 33.2 Å². The molecule has 1 N–H and O–H groups in total. The quantitative estimate of drug-likeness (QED) is 0.436. The molecule has 6 rings (SSSR count). The number of H-pyrrole nitrogens is 1. The van der Waals surface area contributed by atoms with Crippen LogP contribution in [0.5, 0.6) is 0 Å². The van der Waals surface area contributed by atoms with Crippen molar-refractivity contribution in [3.8, 4) is 11.1 Å². The van der Waals surface area contributed by atoms with Gasteiger partial charge in [0.05, 0.1) is 5.52 Å². The number of hydrogen-bond acceptors (Lipinski definition) is 3. The van der Waals surface area contributed by atoms with E-state index >= 15 is 4.39 Å². The maximum atomic E-state index is 15.2. The largest absolute Gasteiger partial charge is 0.346 e. The normalized spacial score (nSPS) is 19.0. The molecule has 4 heterocycles. The first-order chi connectivity index (χ1) is 15.6. The van der Waals surface area contributed by atoms with Gasteiger partial charge < -0.3 is 14.5 Å². The molecule has 0 radical (unpaired) electrons. The molecule has 0 atom stereocenters. The number of aromatic amines is 1. The minimum atomic E-state index is -0.253. The number of halogens is 1. The Kier molecular flexibility index (Phi) is 4.79. The molecule has 1 aliphatic carbocycles. The van der Waals surface area contributed by atoms with Crippen LogP contribution in [-0.2, 0) is 0 Å². The molecule has 0 spiro atoms. The van der Waals surface area contributed by atoms with Gasteiger partial charge in [0, 0.05) is 34.8 Å². The van der Waals surface area contributed by atoms with Crippen LogP contribution in [0.4, 0.5) is 4.39 Å². The highest BCUT2D eigenvalue weighted by atomic mass is 19.1. The summed E-state index contributed by atoms with van der Waals surface area (Å²) in [4.78, 5) is 15.2. The van der Waals surface area contributed by atoms with E-state index < -0.39 is 0 Å². The van der Waals surface area contributed by atoms with Crippen LogP contribution in [0, 0.1) is 12.7 Å². The lowest BCUT2D eigenvalue weighted by Gasteiger charge is -2.30. The minimum absolute atomic E-state index is 0.253. The fourth-order valence-electron chi connectivity index (χ4n) is 5.85. The fourth-order valence-corrected chi connectivity index (χ4v) is 5.85. The Hall–Kier alpha value is -2.73. The molecule has 0 amide bonds. The molecule has 2 aliphatic rings. The third-order valence-corrected chi connectivity index (χ3v) is 7.62. The summed E-state index contributed by atoms with van der Waals surface area (Å²) < 4.78 is 17.5. The van der Waals surface area contributed by atoms with E-state index in [2.05, 4.69) is 44.7 Å². The first-order valence-corrected chi connectivity index (χ1v) is 11.9. The molecule has 4 aromatic rings. The summed E-state index contributed by atoms with van der Waals surface area (Å²) in [6.45, 7) is 4.12. The number of aryl methyl sites for hydroxylation is 1. The Balaban J connectivity index is 1.44. The lowest BCUT2D eigenvalue weighted by molar-refractivity contribution is 0.222. The Morgan fingerprint density at radius 1 is 1.03 bits per heavy atom. The van der Waals surface area contributed by atoms with E-state index in [0.717, 1.165) is 59.4 Å². The molecule has 3 aromatic heterocycles. The second kappa shape index (κ2) is 7.69. The van der Waals surface area contributed by atoms with Crippen molar-refractivity contribution in [1.29, 1.82) is 0 Å². The third-order valence-electron chi connectivity index (χ3n) is 7.62. The topological polar surface area (TPSA) is 49.7 Å². The first kappa shape index (κ1) is 19.9. The van der Waals surface area contributed by atoms with Gasteiger partial charge in [0.25, 0.3) is 0 Å². The number of hydrogen-bond donors (Lipinski definition) is 1. The molecule has 6 heteroatoms. The number of pyridine rings is 1. The summed E-state index contributed by atoms with van der Waals surface area (Å²) in [5.41, 5.74) is 5.33. The molecule has 2 fully saturated rings. The summed E-state index contributed by atoms with van der Waals surface area (Å²) in [7, 11) is 2.16. The van der Waals surface area contributed by atoms with Crippen LogP contribution in [0.15, 0.2) is 30.5 Å². The van der Waals surface area contributed by atoms with Crippen molar-refractivity contribution in [3.05, 3.63) is 47.8 Å². The predicted octanol–water partition coefficient (Wildman–Crippen LogP) is 5.95. The van der Waals surface area contributed by atoms with Crippen molar-refractivity contribution < 1.29 is 4.39 Å². The SMILES string of the molecule is Cc1nc2c(F)cc(-c3c[nH]c4nc(C5CCCC5)ccc34)cc2n1C1CCN(C)CC1. The Bertz CT molecular complexity index is 1290. The van der Waals surface area contributed by atoms with Gasteiger partial charge in [0.15, 0.2) is 5.82 Å². The maximum absolute atomic E-state index is 15.2. The Labute approximate surface area is 187 Å². The van der Waals surface area contributed by atoms with Crippen molar-refractivity contribution in [2.45, 2.75) is 57.4 Å². The molecule has 5 nitrogen and oxygen atoms in total. The monoisotopic (exact) mass is 431 g/mol. The summed E-state index contributed by atoms with van der Waals surface area (Å²) in [5, 5.41) is 1.05. The van der Waals surface area contributed by atoms with Crippen LogP contribution >= 0.6 is 0 Å². The first-order valence-electron chi connectivity index (χ1n) is 11.9. The van der Waals surface area contributed by atoms with Crippen molar-refractivity contribution in [2.24, 2.45) is 0 Å². The zero-order chi connectivity index (χ0) is 21.8. The number of rotatable bonds is 3. The van der Waals surface area contributed by atoms with Gasteiger partial charge in [-0.3, -0.25) is 0 Å². The number of imidazole rings is 1. The summed E-state index contributed by atoms with van der Waals surface area (Å²) in [6, 6.07) is 8.43. The second-order valence-corrected chi connectivity index (χ2v) is 9.71. The Morgan fingerprint density at radius 2 is 1.81 bits per heavy atom. The van der Waals surface area contributed by atoms with E-state index in [4.69, 9.17) is 4.98 Å². The molecule has 166 valence electrons. The van der Waals surface area contributed by atoms with Crippen molar-refractivity contribution in [2.75, 3.05) is 20.1 Å². The van der Waals surface area contributed by atoms with E-state index in [-0.39, 0.29) is 5.82 Å². The predicted molar refractivity (Wildman–Crippen MR) is 126 cm³/mol. The molecule has 0 bridgehead atoms. The summed E-state index contributed by atoms with van der Waals surface area (Å²) in [5.74, 6) is 1.22. The summed E-state index contributed by atoms with van der Waals surface area (Å²) >= 11 is 0. The van der Waals surface area contributed by atoms with Gasteiger partial charge in [0.1, 0.15) is 17.0 Å². The second-order valence-electron chi connectivity index (χ2n) is 9.71. The maximum Gasteiger partial charge on any atom is 0.151 e. The van der Waals surface area contributed by atoms with Gasteiger partial charge in [0.2, 0.25) is 0 Å². The van der Waals surface area contributed by atoms with Crippen LogP contribution in [0.3, 0.4) is 0 Å². The Morgan fingerprint density at radius 3 is 2.59 bits per heavy atom. The molecule has 1 saturated heterocycles. The van der Waals surface area contributed by atoms with E-state index in [1.165, 1.54) is 31.4 Å². The molecule has 32 heavy (non-hydrogen) atoms. The molecular weight excluding hydrogens is 401 g/mol. The lowest BCUT2D eigenvalue weighted by Crippen LogP contribution is -2.31. The fraction of sp³-hybridized carbons (Fsp3) is 0.462. The summed E-state index contributed by atoms with van der Waals surface area (Å²) in [6.07, 6.45) is 9.15. The van der Waals surface area contributed by atoms with Crippen molar-refractivity contribution in [3.63, 3.8) is 0 Å². The van der Waals surface area contributed by atoms with Gasteiger partial charge in [-0.1, -0.05) is 12.8 Å². The molecule has 1 aliphatic heterocycles. The number of fused-ring (bicyclic) bond motifs is 2. The average molecular weight is 432 g/mol. The number of benzene rings is 1. The highest BCUT2D eigenvalue weighted by molar-refractivity contribution is 5.96. The van der Waals surface area contributed by atoms with E-state index in [1.807, 2.05) is 13.1 Å². The van der Waals surface area contributed by atoms with Crippen molar-refractivity contribution in [1.82, 2.24) is 24.4 Å². The van der Waals surface area contributed by atoms with Crippen LogP contribution < -0.4 is 0 Å². The number of nitrogens with one attached hydrogen (secondary N) is 1. The number of likely N-dealkylation sites (tertiary alicyclic amines) is 1. The van der Waals surface area contributed by atoms with Crippen LogP contribution in [0.2, 0.25) is 0 Å². The van der Waals surface area contributed by atoms with Crippen molar-refractivity contribution >= 4 is 22.1 Å². The smallest absolute Gasteiger partial charge is 0.151 e. The highest BCUT2D eigenvalue weighted by Gasteiger charge is 2.24. The third kappa shape index (κ3) is 3.24. The number of piperidine rings is 1. The minimum Gasteiger partial charge on any atom is -0.346 e. The standard InChI is InChI=1S/C26H30FN5/c1-16-29-25-22(27)13-18(14-24(25)32(16)19-9-11-31(2)12-10-19)21-15-28-26-20(21)7-8-23(30-26)17-5-3-4-6-17/h7-8,13-15,17,19H,3-6,9-12H2,1-2H3,(H,28,30). The van der Waals surface area contributed by atoms with Crippen LogP contribution in [0.1, 0.15) is 62.0 Å². The van der Waals surface area contributed by atoms with Crippen LogP contribution in [-0.4, -0.2) is 44.6 Å². The zero-order valence-corrected chi connectivity index (χ0v) is 18.9. The lowest BCUT2D eigenvalue weighted by atomic mass is 10.0. The number of aromatic nitrogens is 4. The highest BCUT2D eigenvalue weighted by Crippen LogP contribution is 2.37. The average Bonchev–Trinajstić information content (AvgIpc) is 3.52. The van der Waals surface area contributed by atoms with Gasteiger partial charge in [-0.15, -0.1) is 0 Å². The molecule has 1 saturated carbocycles. The number of nitrogens with zero attached hydrogens (tertiary/aromatic N) is 4. The van der Waals surface area contributed by atoms with Gasteiger partial charge in [-0.05, 0) is 82.6 Å².